The largest absolute Gasteiger partial charge is 0.313 e. The van der Waals surface area contributed by atoms with E-state index in [-0.39, 0.29) is 0 Å². The van der Waals surface area contributed by atoms with E-state index in [1.807, 2.05) is 0 Å². The van der Waals surface area contributed by atoms with Crippen molar-refractivity contribution < 1.29 is 0 Å². The SMILES string of the molecule is C#CCCCCNC1CSCC(C)(C)C1. The van der Waals surface area contributed by atoms with Crippen molar-refractivity contribution in [2.24, 2.45) is 5.41 Å². The minimum atomic E-state index is 0.513. The molecule has 1 unspecified atom stereocenters. The summed E-state index contributed by atoms with van der Waals surface area (Å²) in [5, 5.41) is 3.65. The third-order valence-corrected chi connectivity index (χ3v) is 4.42. The average molecular weight is 225 g/mol. The van der Waals surface area contributed by atoms with Crippen LogP contribution in [0, 0.1) is 17.8 Å². The maximum absolute atomic E-state index is 5.22. The zero-order valence-corrected chi connectivity index (χ0v) is 10.8. The van der Waals surface area contributed by atoms with Crippen LogP contribution in [0.5, 0.6) is 0 Å². The van der Waals surface area contributed by atoms with Gasteiger partial charge in [-0.1, -0.05) is 13.8 Å². The molecule has 0 aliphatic carbocycles. The molecule has 0 saturated carbocycles. The fraction of sp³-hybridized carbons (Fsp3) is 0.846. The zero-order chi connectivity index (χ0) is 11.1. The molecule has 1 fully saturated rings. The third kappa shape index (κ3) is 5.49. The molecule has 1 nitrogen and oxygen atoms in total. The predicted octanol–water partition coefficient (Wildman–Crippen LogP) is 2.91. The number of terminal acetylenes is 1. The van der Waals surface area contributed by atoms with Crippen molar-refractivity contribution in [3.05, 3.63) is 0 Å². The van der Waals surface area contributed by atoms with Crippen LogP contribution in [0.25, 0.3) is 0 Å². The van der Waals surface area contributed by atoms with Gasteiger partial charge in [0.15, 0.2) is 0 Å². The highest BCUT2D eigenvalue weighted by Crippen LogP contribution is 2.33. The summed E-state index contributed by atoms with van der Waals surface area (Å²) in [5.74, 6) is 5.27. The molecular formula is C13H23NS. The van der Waals surface area contributed by atoms with Crippen LogP contribution in [0.2, 0.25) is 0 Å². The van der Waals surface area contributed by atoms with Crippen LogP contribution in [0.15, 0.2) is 0 Å². The smallest absolute Gasteiger partial charge is 0.0163 e. The molecule has 1 atom stereocenters. The Morgan fingerprint density at radius 3 is 2.93 bits per heavy atom. The maximum atomic E-state index is 5.22. The number of nitrogens with one attached hydrogen (secondary N) is 1. The first kappa shape index (κ1) is 12.9. The summed E-state index contributed by atoms with van der Waals surface area (Å²) in [7, 11) is 0. The lowest BCUT2D eigenvalue weighted by Crippen LogP contribution is -2.40. The summed E-state index contributed by atoms with van der Waals surface area (Å²) in [5.41, 5.74) is 0.513. The fourth-order valence-electron chi connectivity index (χ4n) is 2.05. The van der Waals surface area contributed by atoms with Gasteiger partial charge in [-0.05, 0) is 37.0 Å². The predicted molar refractivity (Wildman–Crippen MR) is 70.2 cm³/mol. The van der Waals surface area contributed by atoms with Crippen molar-refractivity contribution in [3.63, 3.8) is 0 Å². The van der Waals surface area contributed by atoms with E-state index in [1.165, 1.54) is 24.3 Å². The first-order valence-corrected chi connectivity index (χ1v) is 7.04. The first-order chi connectivity index (χ1) is 7.14. The van der Waals surface area contributed by atoms with Gasteiger partial charge in [-0.2, -0.15) is 11.8 Å². The van der Waals surface area contributed by atoms with E-state index in [4.69, 9.17) is 6.42 Å². The Kier molecular flexibility index (Phi) is 5.56. The Morgan fingerprint density at radius 1 is 1.47 bits per heavy atom. The topological polar surface area (TPSA) is 12.0 Å². The lowest BCUT2D eigenvalue weighted by Gasteiger charge is -2.35. The van der Waals surface area contributed by atoms with Gasteiger partial charge in [0.25, 0.3) is 0 Å². The molecule has 15 heavy (non-hydrogen) atoms. The Morgan fingerprint density at radius 2 is 2.27 bits per heavy atom. The molecule has 1 aliphatic heterocycles. The summed E-state index contributed by atoms with van der Waals surface area (Å²) in [6.07, 6.45) is 9.83. The van der Waals surface area contributed by atoms with E-state index in [0.717, 1.165) is 19.4 Å². The number of rotatable bonds is 5. The van der Waals surface area contributed by atoms with Crippen LogP contribution in [-0.2, 0) is 0 Å². The standard InChI is InChI=1S/C13H23NS/c1-4-5-6-7-8-14-12-9-13(2,3)11-15-10-12/h1,12,14H,5-11H2,2-3H3. The van der Waals surface area contributed by atoms with Gasteiger partial charge in [-0.25, -0.2) is 0 Å². The Hall–Kier alpha value is -0.130. The second kappa shape index (κ2) is 6.45. The summed E-state index contributed by atoms with van der Waals surface area (Å²) in [6.45, 7) is 5.86. The highest BCUT2D eigenvalue weighted by molar-refractivity contribution is 7.99. The van der Waals surface area contributed by atoms with Crippen molar-refractivity contribution in [2.45, 2.75) is 45.6 Å². The number of thioether (sulfide) groups is 1. The second-order valence-electron chi connectivity index (χ2n) is 5.20. The number of unbranched alkanes of at least 4 members (excludes halogenated alkanes) is 2. The van der Waals surface area contributed by atoms with E-state index in [2.05, 4.69) is 36.8 Å². The van der Waals surface area contributed by atoms with Crippen molar-refractivity contribution in [3.8, 4) is 12.3 Å². The van der Waals surface area contributed by atoms with Crippen LogP contribution in [-0.4, -0.2) is 24.1 Å². The average Bonchev–Trinajstić information content (AvgIpc) is 2.16. The maximum Gasteiger partial charge on any atom is 0.0163 e. The number of hydrogen-bond donors (Lipinski definition) is 1. The molecule has 0 aromatic rings. The van der Waals surface area contributed by atoms with E-state index in [1.54, 1.807) is 0 Å². The minimum Gasteiger partial charge on any atom is -0.313 e. The van der Waals surface area contributed by atoms with Gasteiger partial charge in [0, 0.05) is 18.2 Å². The molecule has 0 amide bonds. The third-order valence-electron chi connectivity index (χ3n) is 2.79. The summed E-state index contributed by atoms with van der Waals surface area (Å²) < 4.78 is 0. The van der Waals surface area contributed by atoms with E-state index < -0.39 is 0 Å². The van der Waals surface area contributed by atoms with E-state index >= 15 is 0 Å². The van der Waals surface area contributed by atoms with Gasteiger partial charge < -0.3 is 5.32 Å². The molecular weight excluding hydrogens is 202 g/mol. The molecule has 86 valence electrons. The van der Waals surface area contributed by atoms with Crippen LogP contribution in [0.3, 0.4) is 0 Å². The normalized spacial score (nSPS) is 24.7. The molecule has 1 aliphatic rings. The van der Waals surface area contributed by atoms with Crippen LogP contribution in [0.1, 0.15) is 39.5 Å². The Labute approximate surface area is 98.8 Å². The minimum absolute atomic E-state index is 0.513. The fourth-order valence-corrected chi connectivity index (χ4v) is 3.36. The highest BCUT2D eigenvalue weighted by Gasteiger charge is 2.27. The summed E-state index contributed by atoms with van der Waals surface area (Å²) in [4.78, 5) is 0. The van der Waals surface area contributed by atoms with Gasteiger partial charge in [-0.3, -0.25) is 0 Å². The van der Waals surface area contributed by atoms with E-state index in [9.17, 15) is 0 Å². The Balaban J connectivity index is 2.08. The van der Waals surface area contributed by atoms with Gasteiger partial charge >= 0.3 is 0 Å². The van der Waals surface area contributed by atoms with Gasteiger partial charge in [0.05, 0.1) is 0 Å². The molecule has 0 bridgehead atoms. The zero-order valence-electron chi connectivity index (χ0n) is 10.0. The van der Waals surface area contributed by atoms with Crippen LogP contribution in [0.4, 0.5) is 0 Å². The van der Waals surface area contributed by atoms with Crippen LogP contribution < -0.4 is 5.32 Å². The van der Waals surface area contributed by atoms with Gasteiger partial charge in [0.2, 0.25) is 0 Å². The van der Waals surface area contributed by atoms with Crippen molar-refractivity contribution in [2.75, 3.05) is 18.1 Å². The molecule has 1 saturated heterocycles. The van der Waals surface area contributed by atoms with Gasteiger partial charge in [0.1, 0.15) is 0 Å². The molecule has 1 N–H and O–H groups in total. The first-order valence-electron chi connectivity index (χ1n) is 5.89. The molecule has 1 rings (SSSR count). The molecule has 1 heterocycles. The molecule has 0 aromatic heterocycles. The molecule has 0 spiro atoms. The summed E-state index contributed by atoms with van der Waals surface area (Å²) >= 11 is 2.08. The monoisotopic (exact) mass is 225 g/mol. The lowest BCUT2D eigenvalue weighted by molar-refractivity contribution is 0.317. The van der Waals surface area contributed by atoms with Crippen molar-refractivity contribution in [1.82, 2.24) is 5.32 Å². The van der Waals surface area contributed by atoms with Gasteiger partial charge in [-0.15, -0.1) is 12.3 Å². The lowest BCUT2D eigenvalue weighted by atomic mass is 9.88. The molecule has 0 aromatic carbocycles. The highest BCUT2D eigenvalue weighted by atomic mass is 32.2. The molecule has 0 radical (unpaired) electrons. The van der Waals surface area contributed by atoms with Crippen molar-refractivity contribution >= 4 is 11.8 Å². The summed E-state index contributed by atoms with van der Waals surface area (Å²) in [6, 6.07) is 0.713. The van der Waals surface area contributed by atoms with Crippen molar-refractivity contribution in [1.29, 1.82) is 0 Å². The van der Waals surface area contributed by atoms with Crippen LogP contribution >= 0.6 is 11.8 Å². The quantitative estimate of drug-likeness (QED) is 0.570. The molecule has 2 heteroatoms. The van der Waals surface area contributed by atoms with E-state index in [0.29, 0.717) is 11.5 Å². The number of hydrogen-bond acceptors (Lipinski definition) is 2. The second-order valence-corrected chi connectivity index (χ2v) is 6.23. The Bertz CT molecular complexity index is 217.